The number of fused-ring (bicyclic) bond motifs is 1. The molecule has 1 aliphatic carbocycles. The van der Waals surface area contributed by atoms with Crippen molar-refractivity contribution in [1.29, 1.82) is 0 Å². The van der Waals surface area contributed by atoms with Crippen LogP contribution in [0.25, 0.3) is 11.1 Å². The van der Waals surface area contributed by atoms with E-state index in [0.29, 0.717) is 12.0 Å². The lowest BCUT2D eigenvalue weighted by atomic mass is 9.79. The highest BCUT2D eigenvalue weighted by Gasteiger charge is 2.44. The highest BCUT2D eigenvalue weighted by atomic mass is 32.2. The van der Waals surface area contributed by atoms with Crippen molar-refractivity contribution in [3.63, 3.8) is 0 Å². The summed E-state index contributed by atoms with van der Waals surface area (Å²) in [6, 6.07) is 12.4. The SMILES string of the molecule is CC(C)ONC(=O)C1C2=CCCCC2CCN1S(=O)(=O)c1ccc(-c2ccc(C(N)=O)cc2)cc1. The van der Waals surface area contributed by atoms with Crippen molar-refractivity contribution in [2.75, 3.05) is 6.54 Å². The summed E-state index contributed by atoms with van der Waals surface area (Å²) in [5.41, 5.74) is 10.7. The molecule has 0 bridgehead atoms. The van der Waals surface area contributed by atoms with Gasteiger partial charge in [0.1, 0.15) is 6.04 Å². The number of allylic oxidation sites excluding steroid dienone is 1. The van der Waals surface area contributed by atoms with Crippen molar-refractivity contribution < 1.29 is 22.8 Å². The smallest absolute Gasteiger partial charge is 0.266 e. The van der Waals surface area contributed by atoms with Crippen LogP contribution < -0.4 is 11.2 Å². The molecular weight excluding hydrogens is 466 g/mol. The zero-order valence-corrected chi connectivity index (χ0v) is 20.8. The second-order valence-corrected chi connectivity index (χ2v) is 11.1. The summed E-state index contributed by atoms with van der Waals surface area (Å²) in [5.74, 6) is -0.769. The standard InChI is InChI=1S/C26H31N3O5S/c1-17(2)34-28-26(31)24-23-6-4-3-5-20(23)15-16-29(24)35(32,33)22-13-11-19(12-14-22)18-7-9-21(10-8-18)25(27)30/h6-14,17,20,24H,3-5,15-16H2,1-2H3,(H2,27,30)(H,28,31). The Morgan fingerprint density at radius 2 is 1.66 bits per heavy atom. The van der Waals surface area contributed by atoms with Gasteiger partial charge in [0, 0.05) is 12.1 Å². The maximum atomic E-state index is 13.7. The van der Waals surface area contributed by atoms with Crippen molar-refractivity contribution in [2.24, 2.45) is 11.7 Å². The van der Waals surface area contributed by atoms with Gasteiger partial charge in [0.15, 0.2) is 0 Å². The summed E-state index contributed by atoms with van der Waals surface area (Å²) in [5, 5.41) is 0. The molecule has 35 heavy (non-hydrogen) atoms. The van der Waals surface area contributed by atoms with Crippen molar-refractivity contribution >= 4 is 21.8 Å². The predicted molar refractivity (Wildman–Crippen MR) is 132 cm³/mol. The molecule has 2 unspecified atom stereocenters. The number of amides is 2. The normalized spacial score (nSPS) is 20.7. The maximum absolute atomic E-state index is 13.7. The largest absolute Gasteiger partial charge is 0.366 e. The number of hydrogen-bond acceptors (Lipinski definition) is 5. The molecule has 0 spiro atoms. The fourth-order valence-electron chi connectivity index (χ4n) is 4.75. The zero-order chi connectivity index (χ0) is 25.2. The van der Waals surface area contributed by atoms with E-state index in [9.17, 15) is 18.0 Å². The van der Waals surface area contributed by atoms with E-state index < -0.39 is 27.9 Å². The molecule has 3 N–H and O–H groups in total. The van der Waals surface area contributed by atoms with Gasteiger partial charge in [-0.05, 0) is 86.4 Å². The maximum Gasteiger partial charge on any atom is 0.266 e. The summed E-state index contributed by atoms with van der Waals surface area (Å²) in [6.45, 7) is 3.85. The van der Waals surface area contributed by atoms with Crippen LogP contribution >= 0.6 is 0 Å². The average molecular weight is 498 g/mol. The minimum Gasteiger partial charge on any atom is -0.366 e. The lowest BCUT2D eigenvalue weighted by Gasteiger charge is -2.41. The summed E-state index contributed by atoms with van der Waals surface area (Å²) >= 11 is 0. The van der Waals surface area contributed by atoms with Crippen molar-refractivity contribution in [3.05, 3.63) is 65.7 Å². The van der Waals surface area contributed by atoms with E-state index >= 15 is 0 Å². The predicted octanol–water partition coefficient (Wildman–Crippen LogP) is 3.40. The Bertz CT molecular complexity index is 1220. The van der Waals surface area contributed by atoms with E-state index in [2.05, 4.69) is 5.48 Å². The monoisotopic (exact) mass is 497 g/mol. The third-order valence-corrected chi connectivity index (χ3v) is 8.40. The van der Waals surface area contributed by atoms with Crippen molar-refractivity contribution in [1.82, 2.24) is 9.79 Å². The van der Waals surface area contributed by atoms with Gasteiger partial charge in [0.25, 0.3) is 5.91 Å². The fraction of sp³-hybridized carbons (Fsp3) is 0.385. The Morgan fingerprint density at radius 3 is 2.26 bits per heavy atom. The molecule has 8 nitrogen and oxygen atoms in total. The summed E-state index contributed by atoms with van der Waals surface area (Å²) in [6.07, 6.45) is 5.31. The van der Waals surface area contributed by atoms with Crippen molar-refractivity contribution in [2.45, 2.75) is 56.6 Å². The number of carbonyl (C=O) groups is 2. The Kier molecular flexibility index (Phi) is 7.39. The molecule has 2 aliphatic rings. The third kappa shape index (κ3) is 5.32. The van der Waals surface area contributed by atoms with Gasteiger partial charge < -0.3 is 5.73 Å². The van der Waals surface area contributed by atoms with Crippen LogP contribution in [0.2, 0.25) is 0 Å². The second-order valence-electron chi connectivity index (χ2n) is 9.24. The minimum atomic E-state index is -3.95. The van der Waals surface area contributed by atoms with Gasteiger partial charge in [0.05, 0.1) is 11.0 Å². The minimum absolute atomic E-state index is 0.118. The number of sulfonamides is 1. The Hall–Kier alpha value is -3.01. The van der Waals surface area contributed by atoms with E-state index in [0.717, 1.165) is 36.0 Å². The molecule has 0 saturated carbocycles. The molecule has 1 aliphatic heterocycles. The van der Waals surface area contributed by atoms with E-state index in [1.807, 2.05) is 6.08 Å². The number of hydroxylamine groups is 1. The lowest BCUT2D eigenvalue weighted by molar-refractivity contribution is -0.140. The van der Waals surface area contributed by atoms with Gasteiger partial charge in [-0.1, -0.05) is 30.3 Å². The van der Waals surface area contributed by atoms with Crippen LogP contribution in [-0.4, -0.2) is 43.2 Å². The van der Waals surface area contributed by atoms with E-state index in [1.54, 1.807) is 62.4 Å². The van der Waals surface area contributed by atoms with Crippen molar-refractivity contribution in [3.8, 4) is 11.1 Å². The quantitative estimate of drug-likeness (QED) is 0.449. The van der Waals surface area contributed by atoms with Gasteiger partial charge in [0.2, 0.25) is 15.9 Å². The highest BCUT2D eigenvalue weighted by Crippen LogP contribution is 2.38. The van der Waals surface area contributed by atoms with E-state index in [1.165, 1.54) is 4.31 Å². The molecule has 186 valence electrons. The number of nitrogens with two attached hydrogens (primary N) is 1. The summed E-state index contributed by atoms with van der Waals surface area (Å²) in [7, 11) is -3.95. The van der Waals surface area contributed by atoms with E-state index in [4.69, 9.17) is 10.6 Å². The molecule has 9 heteroatoms. The Balaban J connectivity index is 1.62. The molecule has 1 saturated heterocycles. The highest BCUT2D eigenvalue weighted by molar-refractivity contribution is 7.89. The van der Waals surface area contributed by atoms with Crippen LogP contribution in [0.1, 0.15) is 49.9 Å². The number of nitrogens with zero attached hydrogens (tertiary/aromatic N) is 1. The van der Waals surface area contributed by atoms with Crippen LogP contribution in [0.15, 0.2) is 65.1 Å². The molecule has 1 heterocycles. The van der Waals surface area contributed by atoms with E-state index in [-0.39, 0.29) is 23.5 Å². The third-order valence-electron chi connectivity index (χ3n) is 6.52. The van der Waals surface area contributed by atoms with Crippen LogP contribution in [-0.2, 0) is 19.7 Å². The number of piperidine rings is 1. The van der Waals surface area contributed by atoms with Crippen LogP contribution in [0.5, 0.6) is 0 Å². The van der Waals surface area contributed by atoms with Gasteiger partial charge in [-0.15, -0.1) is 0 Å². The lowest BCUT2D eigenvalue weighted by Crippen LogP contribution is -2.55. The number of nitrogens with one attached hydrogen (secondary N) is 1. The molecule has 4 rings (SSSR count). The first-order valence-corrected chi connectivity index (χ1v) is 13.3. The number of primary amides is 1. The number of benzene rings is 2. The summed E-state index contributed by atoms with van der Waals surface area (Å²) < 4.78 is 28.7. The Morgan fingerprint density at radius 1 is 1.03 bits per heavy atom. The molecular formula is C26H31N3O5S. The first-order chi connectivity index (χ1) is 16.7. The fourth-order valence-corrected chi connectivity index (χ4v) is 6.34. The topological polar surface area (TPSA) is 119 Å². The van der Waals surface area contributed by atoms with Gasteiger partial charge in [-0.3, -0.25) is 14.4 Å². The summed E-state index contributed by atoms with van der Waals surface area (Å²) in [4.78, 5) is 29.9. The second kappa shape index (κ2) is 10.3. The number of carbonyl (C=O) groups excluding carboxylic acids is 2. The number of hydrogen-bond donors (Lipinski definition) is 2. The first-order valence-electron chi connectivity index (χ1n) is 11.9. The van der Waals surface area contributed by atoms with Gasteiger partial charge >= 0.3 is 0 Å². The molecule has 2 aromatic carbocycles. The molecule has 0 radical (unpaired) electrons. The zero-order valence-electron chi connectivity index (χ0n) is 19.9. The molecule has 2 atom stereocenters. The van der Waals surface area contributed by atoms with Crippen LogP contribution in [0.3, 0.4) is 0 Å². The number of rotatable bonds is 7. The molecule has 2 aromatic rings. The molecule has 2 amide bonds. The van der Waals surface area contributed by atoms with Crippen LogP contribution in [0, 0.1) is 5.92 Å². The van der Waals surface area contributed by atoms with Crippen LogP contribution in [0.4, 0.5) is 0 Å². The van der Waals surface area contributed by atoms with Gasteiger partial charge in [-0.2, -0.15) is 4.31 Å². The van der Waals surface area contributed by atoms with Gasteiger partial charge in [-0.25, -0.2) is 13.9 Å². The molecule has 0 aromatic heterocycles. The Labute approximate surface area is 206 Å². The first kappa shape index (κ1) is 25.1. The average Bonchev–Trinajstić information content (AvgIpc) is 2.86. The molecule has 1 fully saturated rings.